The highest BCUT2D eigenvalue weighted by Gasteiger charge is 2.57. The van der Waals surface area contributed by atoms with E-state index in [2.05, 4.69) is 5.10 Å². The van der Waals surface area contributed by atoms with E-state index in [0.29, 0.717) is 12.0 Å². The molecule has 0 aromatic heterocycles. The second-order valence-electron chi connectivity index (χ2n) is 5.52. The number of benzene rings is 2. The lowest BCUT2D eigenvalue weighted by Crippen LogP contribution is -2.52. The number of nitrogens with one attached hydrogen (secondary N) is 1. The van der Waals surface area contributed by atoms with Crippen LogP contribution in [0.4, 0.5) is 13.2 Å². The summed E-state index contributed by atoms with van der Waals surface area (Å²) in [5, 5.41) is 13.4. The molecule has 23 heavy (non-hydrogen) atoms. The molecule has 0 spiro atoms. The molecule has 2 N–H and O–H groups in total. The molecule has 0 saturated carbocycles. The monoisotopic (exact) mass is 320 g/mol. The van der Waals surface area contributed by atoms with Gasteiger partial charge in [0.05, 0.1) is 12.1 Å². The Labute approximate surface area is 131 Å². The van der Waals surface area contributed by atoms with E-state index in [9.17, 15) is 18.3 Å². The average molecular weight is 320 g/mol. The van der Waals surface area contributed by atoms with Crippen LogP contribution >= 0.6 is 0 Å². The minimum Gasteiger partial charge on any atom is -0.362 e. The first-order valence-electron chi connectivity index (χ1n) is 7.14. The highest BCUT2D eigenvalue weighted by molar-refractivity contribution is 6.03. The Morgan fingerprint density at radius 3 is 2.35 bits per heavy atom. The van der Waals surface area contributed by atoms with Gasteiger partial charge in [-0.1, -0.05) is 54.6 Å². The van der Waals surface area contributed by atoms with Gasteiger partial charge in [-0.15, -0.1) is 0 Å². The Morgan fingerprint density at radius 2 is 1.70 bits per heavy atom. The summed E-state index contributed by atoms with van der Waals surface area (Å²) in [5.41, 5.74) is 1.57. The van der Waals surface area contributed by atoms with Crippen LogP contribution in [0.1, 0.15) is 23.1 Å². The standard InChI is InChI=1S/C17H15F3N2O/c18-17(19,20)16(23)11-15(21-22-16)14-9-5-4-8-13(14)10-12-6-2-1-3-7-12/h1-9,22-23H,10-11H2. The van der Waals surface area contributed by atoms with Gasteiger partial charge in [-0.2, -0.15) is 18.3 Å². The van der Waals surface area contributed by atoms with Crippen molar-refractivity contribution in [3.8, 4) is 0 Å². The molecule has 0 aliphatic carbocycles. The van der Waals surface area contributed by atoms with Gasteiger partial charge in [0.25, 0.3) is 5.72 Å². The van der Waals surface area contributed by atoms with Crippen molar-refractivity contribution in [1.29, 1.82) is 0 Å². The molecular weight excluding hydrogens is 305 g/mol. The first kappa shape index (κ1) is 15.6. The molecule has 1 aliphatic rings. The maximum atomic E-state index is 12.9. The summed E-state index contributed by atoms with van der Waals surface area (Å²) in [6, 6.07) is 16.8. The molecule has 0 bridgehead atoms. The van der Waals surface area contributed by atoms with Gasteiger partial charge >= 0.3 is 6.18 Å². The second kappa shape index (κ2) is 5.70. The number of hydrogen-bond acceptors (Lipinski definition) is 3. The van der Waals surface area contributed by atoms with Crippen molar-refractivity contribution >= 4 is 5.71 Å². The normalized spacial score (nSPS) is 21.0. The number of hydrazone groups is 1. The number of aliphatic hydroxyl groups is 1. The van der Waals surface area contributed by atoms with Gasteiger partial charge in [0.2, 0.25) is 0 Å². The largest absolute Gasteiger partial charge is 0.438 e. The minimum atomic E-state index is -4.79. The first-order valence-corrected chi connectivity index (χ1v) is 7.14. The smallest absolute Gasteiger partial charge is 0.362 e. The SMILES string of the molecule is OC1(C(F)(F)F)CC(c2ccccc2Cc2ccccc2)=NN1. The lowest BCUT2D eigenvalue weighted by molar-refractivity contribution is -0.266. The van der Waals surface area contributed by atoms with Crippen LogP contribution in [0.2, 0.25) is 0 Å². The zero-order valence-electron chi connectivity index (χ0n) is 12.1. The Morgan fingerprint density at radius 1 is 1.04 bits per heavy atom. The summed E-state index contributed by atoms with van der Waals surface area (Å²) < 4.78 is 38.7. The predicted octanol–water partition coefficient (Wildman–Crippen LogP) is 3.23. The summed E-state index contributed by atoms with van der Waals surface area (Å²) in [6.07, 6.45) is -4.81. The second-order valence-corrected chi connectivity index (χ2v) is 5.52. The van der Waals surface area contributed by atoms with Crippen molar-refractivity contribution in [2.75, 3.05) is 0 Å². The van der Waals surface area contributed by atoms with Gasteiger partial charge in [-0.25, -0.2) is 0 Å². The Balaban J connectivity index is 1.88. The minimum absolute atomic E-state index is 0.205. The summed E-state index contributed by atoms with van der Waals surface area (Å²) in [5.74, 6) is 0. The number of alkyl halides is 3. The Hall–Kier alpha value is -2.34. The molecule has 1 aliphatic heterocycles. The van der Waals surface area contributed by atoms with E-state index in [1.807, 2.05) is 47.9 Å². The third-order valence-electron chi connectivity index (χ3n) is 3.83. The Kier molecular flexibility index (Phi) is 3.85. The molecule has 3 rings (SSSR count). The predicted molar refractivity (Wildman–Crippen MR) is 81.0 cm³/mol. The summed E-state index contributed by atoms with van der Waals surface area (Å²) in [7, 11) is 0. The highest BCUT2D eigenvalue weighted by atomic mass is 19.4. The zero-order chi connectivity index (χ0) is 16.5. The Bertz CT molecular complexity index is 728. The van der Waals surface area contributed by atoms with E-state index in [1.54, 1.807) is 12.1 Å². The molecular formula is C17H15F3N2O. The third-order valence-corrected chi connectivity index (χ3v) is 3.83. The van der Waals surface area contributed by atoms with Crippen LogP contribution in [-0.2, 0) is 6.42 Å². The molecule has 0 saturated heterocycles. The fraction of sp³-hybridized carbons (Fsp3) is 0.235. The van der Waals surface area contributed by atoms with Gasteiger partial charge in [0, 0.05) is 5.56 Å². The van der Waals surface area contributed by atoms with Crippen molar-refractivity contribution in [2.24, 2.45) is 5.10 Å². The van der Waals surface area contributed by atoms with E-state index >= 15 is 0 Å². The third kappa shape index (κ3) is 3.07. The lowest BCUT2D eigenvalue weighted by Gasteiger charge is -2.24. The van der Waals surface area contributed by atoms with E-state index in [1.165, 1.54) is 0 Å². The van der Waals surface area contributed by atoms with Gasteiger partial charge < -0.3 is 5.11 Å². The molecule has 1 atom stereocenters. The average Bonchev–Trinajstić information content (AvgIpc) is 2.92. The number of rotatable bonds is 3. The zero-order valence-corrected chi connectivity index (χ0v) is 12.1. The van der Waals surface area contributed by atoms with Crippen LogP contribution in [0.15, 0.2) is 59.7 Å². The number of halogens is 3. The van der Waals surface area contributed by atoms with E-state index in [-0.39, 0.29) is 5.71 Å². The first-order chi connectivity index (χ1) is 10.9. The molecule has 0 radical (unpaired) electrons. The van der Waals surface area contributed by atoms with Crippen molar-refractivity contribution in [1.82, 2.24) is 5.43 Å². The molecule has 1 heterocycles. The molecule has 3 nitrogen and oxygen atoms in total. The highest BCUT2D eigenvalue weighted by Crippen LogP contribution is 2.35. The fourth-order valence-corrected chi connectivity index (χ4v) is 2.57. The van der Waals surface area contributed by atoms with Crippen LogP contribution < -0.4 is 5.43 Å². The van der Waals surface area contributed by atoms with Crippen molar-refractivity contribution < 1.29 is 18.3 Å². The molecule has 0 fully saturated rings. The summed E-state index contributed by atoms with van der Waals surface area (Å²) in [4.78, 5) is 0. The van der Waals surface area contributed by atoms with Crippen LogP contribution in [0.3, 0.4) is 0 Å². The van der Waals surface area contributed by atoms with Gasteiger partial charge in [0.15, 0.2) is 0 Å². The summed E-state index contributed by atoms with van der Waals surface area (Å²) in [6.45, 7) is 0. The number of nitrogens with zero attached hydrogens (tertiary/aromatic N) is 1. The molecule has 2 aromatic rings. The van der Waals surface area contributed by atoms with Gasteiger partial charge in [-0.3, -0.25) is 5.43 Å². The summed E-state index contributed by atoms with van der Waals surface area (Å²) >= 11 is 0. The maximum absolute atomic E-state index is 12.9. The van der Waals surface area contributed by atoms with Gasteiger partial charge in [0.1, 0.15) is 0 Å². The van der Waals surface area contributed by atoms with Crippen LogP contribution in [-0.4, -0.2) is 22.7 Å². The molecule has 120 valence electrons. The topological polar surface area (TPSA) is 44.6 Å². The maximum Gasteiger partial charge on any atom is 0.438 e. The quantitative estimate of drug-likeness (QED) is 0.912. The van der Waals surface area contributed by atoms with E-state index in [4.69, 9.17) is 0 Å². The molecule has 6 heteroatoms. The van der Waals surface area contributed by atoms with Crippen LogP contribution in [0.25, 0.3) is 0 Å². The molecule has 1 unspecified atom stereocenters. The molecule has 2 aromatic carbocycles. The van der Waals surface area contributed by atoms with Crippen LogP contribution in [0.5, 0.6) is 0 Å². The van der Waals surface area contributed by atoms with Crippen molar-refractivity contribution in [2.45, 2.75) is 24.7 Å². The van der Waals surface area contributed by atoms with Gasteiger partial charge in [-0.05, 0) is 17.5 Å². The molecule has 0 amide bonds. The van der Waals surface area contributed by atoms with Crippen LogP contribution in [0, 0.1) is 0 Å². The van der Waals surface area contributed by atoms with Crippen molar-refractivity contribution in [3.05, 3.63) is 71.3 Å². The fourth-order valence-electron chi connectivity index (χ4n) is 2.57. The van der Waals surface area contributed by atoms with E-state index in [0.717, 1.165) is 11.1 Å². The van der Waals surface area contributed by atoms with E-state index < -0.39 is 18.3 Å². The van der Waals surface area contributed by atoms with Crippen molar-refractivity contribution in [3.63, 3.8) is 0 Å². The number of hydrogen-bond donors (Lipinski definition) is 2. The lowest BCUT2D eigenvalue weighted by atomic mass is 9.94.